The number of carbonyl (C=O) groups is 3. The number of carboxylic acid groups (broad SMARTS) is 1. The van der Waals surface area contributed by atoms with Crippen molar-refractivity contribution in [3.8, 4) is 5.75 Å². The van der Waals surface area contributed by atoms with Crippen LogP contribution in [0.3, 0.4) is 0 Å². The molecule has 0 spiro atoms. The van der Waals surface area contributed by atoms with Gasteiger partial charge in [0.25, 0.3) is 5.91 Å². The van der Waals surface area contributed by atoms with E-state index in [-0.39, 0.29) is 18.4 Å². The number of piperidine rings is 1. The largest absolute Gasteiger partial charge is 0.493 e. The van der Waals surface area contributed by atoms with Crippen LogP contribution in [0.25, 0.3) is 0 Å². The number of hydrogen-bond donors (Lipinski definition) is 2. The van der Waals surface area contributed by atoms with E-state index in [0.717, 1.165) is 0 Å². The second kappa shape index (κ2) is 9.79. The van der Waals surface area contributed by atoms with Crippen molar-refractivity contribution in [2.75, 3.05) is 26.2 Å². The van der Waals surface area contributed by atoms with Gasteiger partial charge in [0, 0.05) is 26.1 Å². The summed E-state index contributed by atoms with van der Waals surface area (Å²) in [5.74, 6) is -1.06. The zero-order valence-corrected chi connectivity index (χ0v) is 15.1. The number of aliphatic carboxylic acids is 1. The van der Waals surface area contributed by atoms with Gasteiger partial charge >= 0.3 is 5.97 Å². The van der Waals surface area contributed by atoms with Gasteiger partial charge in [0.05, 0.1) is 18.1 Å². The number of nitrogens with one attached hydrogen (secondary N) is 1. The zero-order valence-electron chi connectivity index (χ0n) is 15.1. The van der Waals surface area contributed by atoms with Crippen molar-refractivity contribution in [3.63, 3.8) is 0 Å². The molecule has 2 N–H and O–H groups in total. The third kappa shape index (κ3) is 5.47. The second-order valence-electron chi connectivity index (χ2n) is 6.31. The van der Waals surface area contributed by atoms with Crippen LogP contribution in [0.15, 0.2) is 24.3 Å². The summed E-state index contributed by atoms with van der Waals surface area (Å²) in [4.78, 5) is 37.2. The second-order valence-corrected chi connectivity index (χ2v) is 6.31. The molecule has 1 atom stereocenters. The van der Waals surface area contributed by atoms with Crippen LogP contribution in [0.2, 0.25) is 0 Å². The van der Waals surface area contributed by atoms with Crippen LogP contribution in [-0.2, 0) is 9.59 Å². The van der Waals surface area contributed by atoms with E-state index in [4.69, 9.17) is 9.84 Å². The normalized spacial score (nSPS) is 16.8. The molecule has 2 rings (SSSR count). The minimum Gasteiger partial charge on any atom is -0.493 e. The number of carbonyl (C=O) groups excluding carboxylic acids is 2. The van der Waals surface area contributed by atoms with Crippen molar-refractivity contribution >= 4 is 17.8 Å². The van der Waals surface area contributed by atoms with Gasteiger partial charge in [-0.05, 0) is 38.3 Å². The molecule has 1 aromatic carbocycles. The molecule has 2 amide bonds. The van der Waals surface area contributed by atoms with Crippen molar-refractivity contribution < 1.29 is 24.2 Å². The summed E-state index contributed by atoms with van der Waals surface area (Å²) in [5.41, 5.74) is 0.473. The Kier molecular flexibility index (Phi) is 7.44. The number of para-hydroxylation sites is 1. The number of hydrogen-bond acceptors (Lipinski definition) is 4. The molecule has 0 radical (unpaired) electrons. The molecule has 1 aromatic rings. The molecule has 0 aromatic heterocycles. The predicted molar refractivity (Wildman–Crippen MR) is 96.1 cm³/mol. The maximum atomic E-state index is 12.3. The van der Waals surface area contributed by atoms with Crippen LogP contribution in [0.4, 0.5) is 0 Å². The van der Waals surface area contributed by atoms with E-state index in [9.17, 15) is 14.4 Å². The molecule has 0 saturated carbocycles. The summed E-state index contributed by atoms with van der Waals surface area (Å²) >= 11 is 0. The SMILES string of the molecule is CCOc1ccccc1C(=O)NCCCC(=O)N1CCCC(C(=O)O)C1. The zero-order chi connectivity index (χ0) is 18.9. The summed E-state index contributed by atoms with van der Waals surface area (Å²) in [6, 6.07) is 7.03. The summed E-state index contributed by atoms with van der Waals surface area (Å²) < 4.78 is 5.44. The van der Waals surface area contributed by atoms with Gasteiger partial charge in [0.15, 0.2) is 0 Å². The summed E-state index contributed by atoms with van der Waals surface area (Å²) in [5, 5.41) is 11.9. The Balaban J connectivity index is 1.75. The molecule has 0 aliphatic carbocycles. The molecule has 1 aliphatic rings. The molecule has 0 bridgehead atoms. The Hall–Kier alpha value is -2.57. The minimum absolute atomic E-state index is 0.0556. The molecule has 1 saturated heterocycles. The number of rotatable bonds is 8. The Bertz CT molecular complexity index is 647. The van der Waals surface area contributed by atoms with Crippen LogP contribution < -0.4 is 10.1 Å². The maximum absolute atomic E-state index is 12.3. The topological polar surface area (TPSA) is 95.9 Å². The van der Waals surface area contributed by atoms with Crippen molar-refractivity contribution in [1.29, 1.82) is 0 Å². The maximum Gasteiger partial charge on any atom is 0.308 e. The molecular weight excluding hydrogens is 336 g/mol. The van der Waals surface area contributed by atoms with Crippen molar-refractivity contribution in [1.82, 2.24) is 10.2 Å². The predicted octanol–water partition coefficient (Wildman–Crippen LogP) is 1.92. The standard InChI is InChI=1S/C19H26N2O5/c1-2-26-16-9-4-3-8-15(16)18(23)20-11-5-10-17(22)21-12-6-7-14(13-21)19(24)25/h3-4,8-9,14H,2,5-7,10-13H2,1H3,(H,20,23)(H,24,25). The highest BCUT2D eigenvalue weighted by molar-refractivity contribution is 5.96. The highest BCUT2D eigenvalue weighted by Gasteiger charge is 2.27. The number of amides is 2. The first-order valence-corrected chi connectivity index (χ1v) is 9.03. The Morgan fingerprint density at radius 3 is 2.81 bits per heavy atom. The van der Waals surface area contributed by atoms with Crippen LogP contribution in [0, 0.1) is 5.92 Å². The molecule has 1 heterocycles. The van der Waals surface area contributed by atoms with Gasteiger partial charge in [0.2, 0.25) is 5.91 Å². The van der Waals surface area contributed by atoms with E-state index < -0.39 is 11.9 Å². The number of likely N-dealkylation sites (tertiary alicyclic amines) is 1. The Morgan fingerprint density at radius 1 is 1.31 bits per heavy atom. The monoisotopic (exact) mass is 362 g/mol. The van der Waals surface area contributed by atoms with E-state index in [2.05, 4.69) is 5.32 Å². The van der Waals surface area contributed by atoms with E-state index in [1.165, 1.54) is 0 Å². The van der Waals surface area contributed by atoms with Crippen LogP contribution in [0.1, 0.15) is 43.0 Å². The molecule has 142 valence electrons. The van der Waals surface area contributed by atoms with Crippen molar-refractivity contribution in [3.05, 3.63) is 29.8 Å². The smallest absolute Gasteiger partial charge is 0.308 e. The number of nitrogens with zero attached hydrogens (tertiary/aromatic N) is 1. The quantitative estimate of drug-likeness (QED) is 0.689. The van der Waals surface area contributed by atoms with E-state index >= 15 is 0 Å². The van der Waals surface area contributed by atoms with E-state index in [0.29, 0.717) is 56.7 Å². The fourth-order valence-electron chi connectivity index (χ4n) is 3.04. The fraction of sp³-hybridized carbons (Fsp3) is 0.526. The molecule has 7 nitrogen and oxygen atoms in total. The lowest BCUT2D eigenvalue weighted by Crippen LogP contribution is -2.42. The number of benzene rings is 1. The molecule has 7 heteroatoms. The van der Waals surface area contributed by atoms with Gasteiger partial charge in [-0.15, -0.1) is 0 Å². The van der Waals surface area contributed by atoms with E-state index in [1.807, 2.05) is 13.0 Å². The molecule has 1 unspecified atom stereocenters. The van der Waals surface area contributed by atoms with E-state index in [1.54, 1.807) is 23.1 Å². The lowest BCUT2D eigenvalue weighted by molar-refractivity contribution is -0.145. The Morgan fingerprint density at radius 2 is 2.08 bits per heavy atom. The first-order chi connectivity index (χ1) is 12.5. The third-order valence-corrected chi connectivity index (χ3v) is 4.41. The fourth-order valence-corrected chi connectivity index (χ4v) is 3.04. The summed E-state index contributed by atoms with van der Waals surface area (Å²) in [6.07, 6.45) is 2.14. The van der Waals surface area contributed by atoms with Crippen molar-refractivity contribution in [2.45, 2.75) is 32.6 Å². The van der Waals surface area contributed by atoms with Gasteiger partial charge in [-0.2, -0.15) is 0 Å². The van der Waals surface area contributed by atoms with Gasteiger partial charge < -0.3 is 20.1 Å². The third-order valence-electron chi connectivity index (χ3n) is 4.41. The highest BCUT2D eigenvalue weighted by Crippen LogP contribution is 2.18. The van der Waals surface area contributed by atoms with Gasteiger partial charge in [-0.3, -0.25) is 14.4 Å². The summed E-state index contributed by atoms with van der Waals surface area (Å²) in [6.45, 7) is 3.60. The number of ether oxygens (including phenoxy) is 1. The minimum atomic E-state index is -0.845. The first kappa shape index (κ1) is 19.8. The van der Waals surface area contributed by atoms with Crippen LogP contribution in [0.5, 0.6) is 5.75 Å². The molecule has 1 fully saturated rings. The average molecular weight is 362 g/mol. The Labute approximate surface area is 153 Å². The first-order valence-electron chi connectivity index (χ1n) is 9.03. The summed E-state index contributed by atoms with van der Waals surface area (Å²) in [7, 11) is 0. The number of carboxylic acids is 1. The van der Waals surface area contributed by atoms with Gasteiger partial charge in [-0.1, -0.05) is 12.1 Å². The molecule has 1 aliphatic heterocycles. The van der Waals surface area contributed by atoms with Crippen LogP contribution in [-0.4, -0.2) is 54.0 Å². The van der Waals surface area contributed by atoms with Crippen molar-refractivity contribution in [2.24, 2.45) is 5.92 Å². The average Bonchev–Trinajstić information content (AvgIpc) is 2.65. The molecular formula is C19H26N2O5. The van der Waals surface area contributed by atoms with Gasteiger partial charge in [0.1, 0.15) is 5.75 Å². The molecule has 26 heavy (non-hydrogen) atoms. The van der Waals surface area contributed by atoms with Gasteiger partial charge in [-0.25, -0.2) is 0 Å². The van der Waals surface area contributed by atoms with Crippen LogP contribution >= 0.6 is 0 Å². The lowest BCUT2D eigenvalue weighted by Gasteiger charge is -2.30. The highest BCUT2D eigenvalue weighted by atomic mass is 16.5. The lowest BCUT2D eigenvalue weighted by atomic mass is 9.98.